The van der Waals surface area contributed by atoms with Crippen molar-refractivity contribution >= 4 is 33.2 Å². The van der Waals surface area contributed by atoms with Crippen molar-refractivity contribution in [3.63, 3.8) is 0 Å². The fourth-order valence-corrected chi connectivity index (χ4v) is 5.06. The highest BCUT2D eigenvalue weighted by Gasteiger charge is 2.28. The molecule has 0 radical (unpaired) electrons. The van der Waals surface area contributed by atoms with Crippen LogP contribution in [0.3, 0.4) is 0 Å². The van der Waals surface area contributed by atoms with Crippen LogP contribution in [-0.4, -0.2) is 20.2 Å². The number of carbonyl (C=O) groups is 2. The van der Waals surface area contributed by atoms with Crippen LogP contribution in [0.2, 0.25) is 0 Å². The number of carbonyl (C=O) groups excluding carboxylic acids is 2. The first-order chi connectivity index (χ1) is 15.9. The maximum Gasteiger partial charge on any atom is 0.247 e. The summed E-state index contributed by atoms with van der Waals surface area (Å²) in [5.74, 6) is -0.569. The van der Waals surface area contributed by atoms with Gasteiger partial charge in [-0.2, -0.15) is 4.72 Å². The summed E-state index contributed by atoms with van der Waals surface area (Å²) in [4.78, 5) is 24.9. The third-order valence-corrected chi connectivity index (χ3v) is 7.03. The number of amides is 2. The molecule has 3 aromatic rings. The van der Waals surface area contributed by atoms with E-state index in [-0.39, 0.29) is 10.8 Å². The highest BCUT2D eigenvalue weighted by Crippen LogP contribution is 2.27. The van der Waals surface area contributed by atoms with Crippen LogP contribution in [0, 0.1) is 0 Å². The molecule has 0 unspecified atom stereocenters. The van der Waals surface area contributed by atoms with Crippen molar-refractivity contribution in [3.05, 3.63) is 89.5 Å². The Hall–Kier alpha value is -3.49. The SMILES string of the molecule is CCc1ccccc1NC(=O)[C@H](NS(=O)(=O)c1ccc2c(c1)CCC(=O)N2)c1ccccc1. The Kier molecular flexibility index (Phi) is 6.57. The molecule has 33 heavy (non-hydrogen) atoms. The number of hydrogen-bond acceptors (Lipinski definition) is 4. The summed E-state index contributed by atoms with van der Waals surface area (Å²) < 4.78 is 29.1. The predicted octanol–water partition coefficient (Wildman–Crippen LogP) is 3.79. The minimum absolute atomic E-state index is 0.0417. The van der Waals surface area contributed by atoms with E-state index in [1.54, 1.807) is 48.5 Å². The van der Waals surface area contributed by atoms with Gasteiger partial charge in [0, 0.05) is 17.8 Å². The number of aryl methyl sites for hydroxylation is 2. The smallest absolute Gasteiger partial charge is 0.247 e. The fourth-order valence-electron chi connectivity index (χ4n) is 3.82. The van der Waals surface area contributed by atoms with Gasteiger partial charge in [0.05, 0.1) is 4.90 Å². The second-order valence-corrected chi connectivity index (χ2v) is 9.55. The first kappa shape index (κ1) is 22.7. The number of fused-ring (bicyclic) bond motifs is 1. The minimum atomic E-state index is -4.03. The predicted molar refractivity (Wildman–Crippen MR) is 127 cm³/mol. The lowest BCUT2D eigenvalue weighted by molar-refractivity contribution is -0.118. The van der Waals surface area contributed by atoms with Gasteiger partial charge in [-0.05, 0) is 53.8 Å². The zero-order chi connectivity index (χ0) is 23.4. The molecule has 2 amide bonds. The number of para-hydroxylation sites is 1. The van der Waals surface area contributed by atoms with Gasteiger partial charge in [0.15, 0.2) is 0 Å². The van der Waals surface area contributed by atoms with Crippen molar-refractivity contribution in [2.45, 2.75) is 37.1 Å². The van der Waals surface area contributed by atoms with Crippen LogP contribution in [0.5, 0.6) is 0 Å². The number of sulfonamides is 1. The number of nitrogens with one attached hydrogen (secondary N) is 3. The van der Waals surface area contributed by atoms with Gasteiger partial charge in [-0.15, -0.1) is 0 Å². The molecule has 0 fully saturated rings. The lowest BCUT2D eigenvalue weighted by Gasteiger charge is -2.21. The van der Waals surface area contributed by atoms with Crippen molar-refractivity contribution < 1.29 is 18.0 Å². The van der Waals surface area contributed by atoms with Crippen molar-refractivity contribution in [1.82, 2.24) is 4.72 Å². The topological polar surface area (TPSA) is 104 Å². The van der Waals surface area contributed by atoms with E-state index in [1.807, 2.05) is 25.1 Å². The molecular formula is C25H25N3O4S. The van der Waals surface area contributed by atoms with Gasteiger partial charge in [-0.3, -0.25) is 9.59 Å². The van der Waals surface area contributed by atoms with E-state index in [0.29, 0.717) is 29.8 Å². The van der Waals surface area contributed by atoms with E-state index in [1.165, 1.54) is 6.07 Å². The van der Waals surface area contributed by atoms with Gasteiger partial charge in [0.25, 0.3) is 0 Å². The van der Waals surface area contributed by atoms with Gasteiger partial charge < -0.3 is 10.6 Å². The molecule has 1 atom stereocenters. The van der Waals surface area contributed by atoms with Crippen LogP contribution < -0.4 is 15.4 Å². The van der Waals surface area contributed by atoms with Gasteiger partial charge in [0.1, 0.15) is 6.04 Å². The quantitative estimate of drug-likeness (QED) is 0.496. The van der Waals surface area contributed by atoms with Crippen molar-refractivity contribution in [3.8, 4) is 0 Å². The summed E-state index contributed by atoms with van der Waals surface area (Å²) in [6.07, 6.45) is 1.49. The van der Waals surface area contributed by atoms with Crippen molar-refractivity contribution in [2.24, 2.45) is 0 Å². The van der Waals surface area contributed by atoms with Gasteiger partial charge in [0.2, 0.25) is 21.8 Å². The molecule has 1 aliphatic rings. The van der Waals surface area contributed by atoms with E-state index in [9.17, 15) is 18.0 Å². The molecule has 4 rings (SSSR count). The molecule has 0 aromatic heterocycles. The first-order valence-corrected chi connectivity index (χ1v) is 12.2. The maximum atomic E-state index is 13.3. The largest absolute Gasteiger partial charge is 0.326 e. The van der Waals surface area contributed by atoms with E-state index in [2.05, 4.69) is 15.4 Å². The van der Waals surface area contributed by atoms with Gasteiger partial charge >= 0.3 is 0 Å². The Labute approximate surface area is 193 Å². The molecule has 1 aliphatic heterocycles. The zero-order valence-corrected chi connectivity index (χ0v) is 19.0. The molecule has 0 saturated carbocycles. The molecule has 1 heterocycles. The lowest BCUT2D eigenvalue weighted by atomic mass is 10.0. The number of anilines is 2. The van der Waals surface area contributed by atoms with E-state index in [0.717, 1.165) is 17.5 Å². The Bertz CT molecular complexity index is 1290. The third-order valence-electron chi connectivity index (χ3n) is 5.61. The molecule has 7 nitrogen and oxygen atoms in total. The molecule has 3 N–H and O–H groups in total. The fraction of sp³-hybridized carbons (Fsp3) is 0.200. The summed E-state index contributed by atoms with van der Waals surface area (Å²) in [5, 5.41) is 5.62. The zero-order valence-electron chi connectivity index (χ0n) is 18.2. The summed E-state index contributed by atoms with van der Waals surface area (Å²) in [5.41, 5.74) is 3.48. The molecular weight excluding hydrogens is 438 g/mol. The van der Waals surface area contributed by atoms with E-state index >= 15 is 0 Å². The summed E-state index contributed by atoms with van der Waals surface area (Å²) >= 11 is 0. The molecule has 8 heteroatoms. The Balaban J connectivity index is 1.64. The van der Waals surface area contributed by atoms with Gasteiger partial charge in [-0.25, -0.2) is 8.42 Å². The van der Waals surface area contributed by atoms with E-state index in [4.69, 9.17) is 0 Å². The van der Waals surface area contributed by atoms with Crippen LogP contribution in [-0.2, 0) is 32.5 Å². The van der Waals surface area contributed by atoms with Crippen LogP contribution in [0.1, 0.15) is 36.1 Å². The van der Waals surface area contributed by atoms with Crippen LogP contribution in [0.4, 0.5) is 11.4 Å². The highest BCUT2D eigenvalue weighted by molar-refractivity contribution is 7.89. The Morgan fingerprint density at radius 3 is 2.48 bits per heavy atom. The number of hydrogen-bond donors (Lipinski definition) is 3. The standard InChI is InChI=1S/C25H25N3O4S/c1-2-17-8-6-7-11-21(17)27-25(30)24(18-9-4-3-5-10-18)28-33(31,32)20-13-14-22-19(16-20)12-15-23(29)26-22/h3-11,13-14,16,24,28H,2,12,15H2,1H3,(H,26,29)(H,27,30)/t24-/m1/s1. The van der Waals surface area contributed by atoms with Crippen LogP contribution in [0.15, 0.2) is 77.7 Å². The average Bonchev–Trinajstić information content (AvgIpc) is 2.83. The number of rotatable bonds is 7. The second-order valence-electron chi connectivity index (χ2n) is 7.83. The molecule has 3 aromatic carbocycles. The average molecular weight is 464 g/mol. The van der Waals surface area contributed by atoms with Gasteiger partial charge in [-0.1, -0.05) is 55.5 Å². The summed E-state index contributed by atoms with van der Waals surface area (Å²) in [6, 6.07) is 19.6. The van der Waals surface area contributed by atoms with Crippen LogP contribution in [0.25, 0.3) is 0 Å². The Morgan fingerprint density at radius 1 is 1.00 bits per heavy atom. The first-order valence-electron chi connectivity index (χ1n) is 10.8. The molecule has 0 spiro atoms. The summed E-state index contributed by atoms with van der Waals surface area (Å²) in [6.45, 7) is 1.99. The van der Waals surface area contributed by atoms with Crippen molar-refractivity contribution in [2.75, 3.05) is 10.6 Å². The lowest BCUT2D eigenvalue weighted by Crippen LogP contribution is -2.37. The highest BCUT2D eigenvalue weighted by atomic mass is 32.2. The molecule has 0 aliphatic carbocycles. The normalized spacial score (nSPS) is 14.2. The maximum absolute atomic E-state index is 13.3. The van der Waals surface area contributed by atoms with Crippen molar-refractivity contribution in [1.29, 1.82) is 0 Å². The monoisotopic (exact) mass is 463 g/mol. The van der Waals surface area contributed by atoms with Crippen LogP contribution >= 0.6 is 0 Å². The van der Waals surface area contributed by atoms with E-state index < -0.39 is 22.0 Å². The third kappa shape index (κ3) is 5.13. The summed E-state index contributed by atoms with van der Waals surface area (Å²) in [7, 11) is -4.03. The molecule has 0 saturated heterocycles. The minimum Gasteiger partial charge on any atom is -0.326 e. The Morgan fingerprint density at radius 2 is 1.73 bits per heavy atom. The molecule has 0 bridgehead atoms. The second kappa shape index (κ2) is 9.56. The number of benzene rings is 3. The molecule has 170 valence electrons.